The predicted molar refractivity (Wildman–Crippen MR) is 98.0 cm³/mol. The fourth-order valence-corrected chi connectivity index (χ4v) is 3.24. The Balaban J connectivity index is 0.00000338. The van der Waals surface area contributed by atoms with Gasteiger partial charge in [-0.25, -0.2) is 8.78 Å². The molecule has 1 fully saturated rings. The van der Waals surface area contributed by atoms with Gasteiger partial charge >= 0.3 is 0 Å². The molecule has 146 valence electrons. The minimum atomic E-state index is -0.954. The van der Waals surface area contributed by atoms with E-state index in [2.05, 4.69) is 5.32 Å². The molecule has 1 aliphatic heterocycles. The Labute approximate surface area is 158 Å². The lowest BCUT2D eigenvalue weighted by Gasteiger charge is -2.29. The van der Waals surface area contributed by atoms with Gasteiger partial charge in [0.25, 0.3) is 5.91 Å². The van der Waals surface area contributed by atoms with Crippen molar-refractivity contribution < 1.29 is 18.4 Å². The van der Waals surface area contributed by atoms with Crippen LogP contribution >= 0.6 is 12.4 Å². The van der Waals surface area contributed by atoms with E-state index < -0.39 is 29.1 Å². The van der Waals surface area contributed by atoms with Crippen molar-refractivity contribution in [2.45, 2.75) is 39.3 Å². The lowest BCUT2D eigenvalue weighted by atomic mass is 10.0. The van der Waals surface area contributed by atoms with Gasteiger partial charge < -0.3 is 16.0 Å². The molecule has 0 bridgehead atoms. The van der Waals surface area contributed by atoms with Gasteiger partial charge in [0.1, 0.15) is 23.2 Å². The molecule has 3 N–H and O–H groups in total. The molecule has 3 atom stereocenters. The highest BCUT2D eigenvalue weighted by Gasteiger charge is 2.37. The zero-order chi connectivity index (χ0) is 18.7. The molecule has 3 unspecified atom stereocenters. The normalized spacial score (nSPS) is 20.7. The number of hydrogen-bond donors (Lipinski definition) is 2. The standard InChI is InChI=1S/C18H25F2N3O2.ClH/c1-10(2)16(18(25)23-9-12(8-21)7-11(23)3)22-17(24)15-13(19)5-4-6-14(15)20;/h4-6,10-12,16H,7-9,21H2,1-3H3,(H,22,24);1H. The molecule has 1 aromatic carbocycles. The van der Waals surface area contributed by atoms with E-state index in [0.29, 0.717) is 13.1 Å². The summed E-state index contributed by atoms with van der Waals surface area (Å²) in [6.07, 6.45) is 0.808. The molecule has 0 spiro atoms. The first kappa shape index (κ1) is 22.3. The third-order valence-corrected chi connectivity index (χ3v) is 4.69. The van der Waals surface area contributed by atoms with E-state index in [1.807, 2.05) is 6.92 Å². The Morgan fingerprint density at radius 2 is 1.88 bits per heavy atom. The molecule has 5 nitrogen and oxygen atoms in total. The van der Waals surface area contributed by atoms with Crippen molar-refractivity contribution >= 4 is 24.2 Å². The first-order valence-electron chi connectivity index (χ1n) is 8.51. The maximum atomic E-state index is 13.8. The number of amides is 2. The number of nitrogens with one attached hydrogen (secondary N) is 1. The molecule has 26 heavy (non-hydrogen) atoms. The molecule has 0 radical (unpaired) electrons. The zero-order valence-electron chi connectivity index (χ0n) is 15.2. The van der Waals surface area contributed by atoms with Crippen molar-refractivity contribution in [2.24, 2.45) is 17.6 Å². The van der Waals surface area contributed by atoms with Crippen LogP contribution in [0.4, 0.5) is 8.78 Å². The number of nitrogens with zero attached hydrogens (tertiary/aromatic N) is 1. The van der Waals surface area contributed by atoms with Crippen LogP contribution in [0.25, 0.3) is 0 Å². The smallest absolute Gasteiger partial charge is 0.257 e. The molecular weight excluding hydrogens is 364 g/mol. The average Bonchev–Trinajstić information content (AvgIpc) is 2.92. The molecule has 2 amide bonds. The van der Waals surface area contributed by atoms with E-state index >= 15 is 0 Å². The van der Waals surface area contributed by atoms with Gasteiger partial charge in [0, 0.05) is 12.6 Å². The molecule has 0 aliphatic carbocycles. The van der Waals surface area contributed by atoms with Gasteiger partial charge in [-0.3, -0.25) is 9.59 Å². The van der Waals surface area contributed by atoms with Crippen LogP contribution in [0.3, 0.4) is 0 Å². The Bertz CT molecular complexity index is 637. The Hall–Kier alpha value is -1.73. The topological polar surface area (TPSA) is 75.4 Å². The summed E-state index contributed by atoms with van der Waals surface area (Å²) in [6, 6.07) is 2.37. The van der Waals surface area contributed by atoms with Crippen LogP contribution in [0, 0.1) is 23.5 Å². The van der Waals surface area contributed by atoms with Gasteiger partial charge in [-0.15, -0.1) is 12.4 Å². The second-order valence-corrected chi connectivity index (χ2v) is 6.97. The van der Waals surface area contributed by atoms with Gasteiger partial charge in [0.2, 0.25) is 5.91 Å². The quantitative estimate of drug-likeness (QED) is 0.811. The highest BCUT2D eigenvalue weighted by atomic mass is 35.5. The van der Waals surface area contributed by atoms with Crippen LogP contribution in [0.5, 0.6) is 0 Å². The summed E-state index contributed by atoms with van der Waals surface area (Å²) >= 11 is 0. The molecule has 8 heteroatoms. The Kier molecular flexibility index (Phi) is 7.96. The molecular formula is C18H26ClF2N3O2. The predicted octanol–water partition coefficient (Wildman–Crippen LogP) is 2.34. The fraction of sp³-hybridized carbons (Fsp3) is 0.556. The maximum absolute atomic E-state index is 13.8. The van der Waals surface area contributed by atoms with E-state index in [9.17, 15) is 18.4 Å². The summed E-state index contributed by atoms with van der Waals surface area (Å²) in [4.78, 5) is 26.9. The highest BCUT2D eigenvalue weighted by Crippen LogP contribution is 2.24. The summed E-state index contributed by atoms with van der Waals surface area (Å²) in [7, 11) is 0. The number of benzene rings is 1. The van der Waals surface area contributed by atoms with Gasteiger partial charge in [-0.1, -0.05) is 19.9 Å². The van der Waals surface area contributed by atoms with Crippen molar-refractivity contribution in [3.8, 4) is 0 Å². The van der Waals surface area contributed by atoms with E-state index in [-0.39, 0.29) is 36.2 Å². The summed E-state index contributed by atoms with van der Waals surface area (Å²) in [5.41, 5.74) is 5.02. The molecule has 1 heterocycles. The molecule has 1 aromatic rings. The van der Waals surface area contributed by atoms with Crippen LogP contribution < -0.4 is 11.1 Å². The number of nitrogens with two attached hydrogens (primary N) is 1. The number of halogens is 3. The molecule has 1 aliphatic rings. The van der Waals surface area contributed by atoms with Crippen molar-refractivity contribution in [1.82, 2.24) is 10.2 Å². The van der Waals surface area contributed by atoms with Gasteiger partial charge in [-0.2, -0.15) is 0 Å². The lowest BCUT2D eigenvalue weighted by Crippen LogP contribution is -2.52. The highest BCUT2D eigenvalue weighted by molar-refractivity contribution is 5.98. The van der Waals surface area contributed by atoms with Crippen molar-refractivity contribution in [2.75, 3.05) is 13.1 Å². The molecule has 0 aromatic heterocycles. The maximum Gasteiger partial charge on any atom is 0.257 e. The SMILES string of the molecule is CC(C)C(NC(=O)c1c(F)cccc1F)C(=O)N1CC(CN)CC1C.Cl. The number of likely N-dealkylation sites (tertiary alicyclic amines) is 1. The van der Waals surface area contributed by atoms with Crippen LogP contribution in [0.2, 0.25) is 0 Å². The molecule has 2 rings (SSSR count). The summed E-state index contributed by atoms with van der Waals surface area (Å²) in [6.45, 7) is 6.52. The van der Waals surface area contributed by atoms with Crippen LogP contribution in [-0.4, -0.2) is 41.9 Å². The number of carbonyl (C=O) groups is 2. The number of rotatable bonds is 5. The Morgan fingerprint density at radius 1 is 1.31 bits per heavy atom. The first-order chi connectivity index (χ1) is 11.8. The Morgan fingerprint density at radius 3 is 2.35 bits per heavy atom. The largest absolute Gasteiger partial charge is 0.340 e. The van der Waals surface area contributed by atoms with Crippen molar-refractivity contribution in [3.05, 3.63) is 35.4 Å². The van der Waals surface area contributed by atoms with E-state index in [1.54, 1.807) is 18.7 Å². The van der Waals surface area contributed by atoms with Gasteiger partial charge in [-0.05, 0) is 43.9 Å². The monoisotopic (exact) mass is 389 g/mol. The molecule has 0 saturated carbocycles. The van der Waals surface area contributed by atoms with Crippen LogP contribution in [0.1, 0.15) is 37.6 Å². The van der Waals surface area contributed by atoms with Crippen LogP contribution in [-0.2, 0) is 4.79 Å². The zero-order valence-corrected chi connectivity index (χ0v) is 16.0. The van der Waals surface area contributed by atoms with E-state index in [0.717, 1.165) is 18.6 Å². The van der Waals surface area contributed by atoms with E-state index in [1.165, 1.54) is 6.07 Å². The number of hydrogen-bond acceptors (Lipinski definition) is 3. The first-order valence-corrected chi connectivity index (χ1v) is 8.51. The third-order valence-electron chi connectivity index (χ3n) is 4.69. The minimum Gasteiger partial charge on any atom is -0.340 e. The van der Waals surface area contributed by atoms with Crippen LogP contribution in [0.15, 0.2) is 18.2 Å². The fourth-order valence-electron chi connectivity index (χ4n) is 3.24. The van der Waals surface area contributed by atoms with Crippen molar-refractivity contribution in [3.63, 3.8) is 0 Å². The summed E-state index contributed by atoms with van der Waals surface area (Å²) in [5, 5.41) is 2.50. The molecule has 1 saturated heterocycles. The third kappa shape index (κ3) is 4.71. The lowest BCUT2D eigenvalue weighted by molar-refractivity contribution is -0.135. The average molecular weight is 390 g/mol. The van der Waals surface area contributed by atoms with Gasteiger partial charge in [0.15, 0.2) is 0 Å². The van der Waals surface area contributed by atoms with Crippen molar-refractivity contribution in [1.29, 1.82) is 0 Å². The second-order valence-electron chi connectivity index (χ2n) is 6.97. The summed E-state index contributed by atoms with van der Waals surface area (Å²) < 4.78 is 27.6. The van der Waals surface area contributed by atoms with E-state index in [4.69, 9.17) is 5.73 Å². The summed E-state index contributed by atoms with van der Waals surface area (Å²) in [5.74, 6) is -3.08. The minimum absolute atomic E-state index is 0. The van der Waals surface area contributed by atoms with Gasteiger partial charge in [0.05, 0.1) is 0 Å². The second kappa shape index (κ2) is 9.28. The number of carbonyl (C=O) groups excluding carboxylic acids is 2.